The van der Waals surface area contributed by atoms with Crippen molar-refractivity contribution in [2.45, 2.75) is 79.4 Å². The monoisotopic (exact) mass is 1410 g/mol. The first-order valence-electron chi connectivity index (χ1n) is 28.0. The van der Waals surface area contributed by atoms with Gasteiger partial charge in [-0.05, 0) is 160 Å². The summed E-state index contributed by atoms with van der Waals surface area (Å²) in [6.07, 6.45) is 7.67. The molecule has 5 aromatic rings. The number of ether oxygens (including phenoxy) is 11. The van der Waals surface area contributed by atoms with Gasteiger partial charge in [0.2, 0.25) is 0 Å². The van der Waals surface area contributed by atoms with Crippen LogP contribution in [0.3, 0.4) is 0 Å². The summed E-state index contributed by atoms with van der Waals surface area (Å²) in [6.45, 7) is 21.0. The molecular weight excluding hydrogens is 1330 g/mol. The molecule has 17 nitrogen and oxygen atoms in total. The van der Waals surface area contributed by atoms with Crippen LogP contribution in [-0.2, 0) is 28.4 Å². The predicted octanol–water partition coefficient (Wildman–Crippen LogP) is 12.1. The largest absolute Gasteiger partial charge is 0.497 e. The Balaban J connectivity index is 0.000000417. The molecule has 86 heavy (non-hydrogen) atoms. The first-order chi connectivity index (χ1) is 41.3. The molecule has 0 heterocycles. The molecule has 0 bridgehead atoms. The highest BCUT2D eigenvalue weighted by molar-refractivity contribution is 14.1. The van der Waals surface area contributed by atoms with Crippen molar-refractivity contribution in [1.29, 1.82) is 0 Å². The lowest BCUT2D eigenvalue weighted by Crippen LogP contribution is -2.34. The van der Waals surface area contributed by atoms with Gasteiger partial charge in [-0.2, -0.15) is 0 Å². The second-order valence-corrected chi connectivity index (χ2v) is 22.4. The molecule has 0 saturated heterocycles. The highest BCUT2D eigenvalue weighted by atomic mass is 127. The van der Waals surface area contributed by atoms with Crippen molar-refractivity contribution in [2.24, 2.45) is 0 Å². The molecule has 5 aromatic carbocycles. The lowest BCUT2D eigenvalue weighted by atomic mass is 10.1. The summed E-state index contributed by atoms with van der Waals surface area (Å²) in [5.41, 5.74) is 3.70. The van der Waals surface area contributed by atoms with Gasteiger partial charge in [-0.3, -0.25) is 9.59 Å². The average Bonchev–Trinajstić information content (AvgIpc) is 3.05. The van der Waals surface area contributed by atoms with Gasteiger partial charge in [0, 0.05) is 66.3 Å². The molecule has 0 radical (unpaired) electrons. The zero-order chi connectivity index (χ0) is 63.0. The zero-order valence-corrected chi connectivity index (χ0v) is 55.0. The number of rotatable bonds is 29. The maximum Gasteiger partial charge on any atom is 0.407 e. The molecule has 0 aromatic heterocycles. The van der Waals surface area contributed by atoms with Crippen molar-refractivity contribution in [3.05, 3.63) is 143 Å². The van der Waals surface area contributed by atoms with Crippen LogP contribution in [0, 0.1) is 43.2 Å². The van der Waals surface area contributed by atoms with E-state index in [4.69, 9.17) is 58.5 Å². The Morgan fingerprint density at radius 1 is 0.477 bits per heavy atom. The highest BCUT2D eigenvalue weighted by Gasteiger charge is 2.17. The smallest absolute Gasteiger partial charge is 0.407 e. The van der Waals surface area contributed by atoms with E-state index in [2.05, 4.69) is 99.3 Å². The molecule has 0 fully saturated rings. The van der Waals surface area contributed by atoms with E-state index in [1.54, 1.807) is 76.4 Å². The summed E-state index contributed by atoms with van der Waals surface area (Å²) < 4.78 is 63.6. The second-order valence-electron chi connectivity index (χ2n) is 20.1. The summed E-state index contributed by atoms with van der Waals surface area (Å²) in [7, 11) is 1.62. The molecule has 462 valence electrons. The van der Waals surface area contributed by atoms with Gasteiger partial charge >= 0.3 is 12.2 Å². The Bertz CT molecular complexity index is 3000. The topological polar surface area (TPSA) is 194 Å². The molecular formula is C67H80I2N2O15. The number of hydrogen-bond acceptors (Lipinski definition) is 15. The van der Waals surface area contributed by atoms with Crippen LogP contribution < -0.4 is 34.3 Å². The van der Waals surface area contributed by atoms with Gasteiger partial charge < -0.3 is 62.7 Å². The molecule has 2 N–H and O–H groups in total. The Labute approximate surface area is 535 Å². The second kappa shape index (κ2) is 41.9. The third kappa shape index (κ3) is 32.5. The molecule has 0 unspecified atom stereocenters. The standard InChI is InChI=1S/C38H43NO8.C20H31I2NO6.C9H6O/c1-6-20-43-22-24-45-35-26-32(15-11-29-7-9-31(28-40)10-8-29)36(27-33(35)16-12-30-13-17-34(42-5)18-14-30)46-25-23-44-21-19-39-37(41)47-38(2,3)4;1-5-7-25-9-11-27-17-13-16(22)18(14-15(17)21)28-12-10-26-8-6-23-19(24)29-20(2,3)4;1-2-8-3-5-9(7-10)6-4-8/h7-10,13-14,17-18,26-28H,6,19-25H2,1-5H3,(H,39,41);13-14H,5-12H2,1-4H3,(H,23,24);1,3-7H. The Morgan fingerprint density at radius 3 is 1.16 bits per heavy atom. The molecule has 0 aliphatic heterocycles. The maximum absolute atomic E-state index is 11.8. The van der Waals surface area contributed by atoms with E-state index in [1.807, 2.05) is 69.3 Å². The van der Waals surface area contributed by atoms with E-state index in [9.17, 15) is 19.2 Å². The number of nitrogens with one attached hydrogen (secondary N) is 2. The van der Waals surface area contributed by atoms with E-state index >= 15 is 0 Å². The number of hydrogen-bond donors (Lipinski definition) is 2. The molecule has 2 amide bonds. The van der Waals surface area contributed by atoms with Gasteiger partial charge in [-0.1, -0.05) is 67.7 Å². The van der Waals surface area contributed by atoms with E-state index < -0.39 is 23.4 Å². The number of methoxy groups -OCH3 is 1. The minimum atomic E-state index is -0.570. The van der Waals surface area contributed by atoms with Crippen molar-refractivity contribution in [3.8, 4) is 64.8 Å². The van der Waals surface area contributed by atoms with E-state index in [0.29, 0.717) is 99.7 Å². The van der Waals surface area contributed by atoms with Crippen LogP contribution in [0.5, 0.6) is 28.7 Å². The van der Waals surface area contributed by atoms with Gasteiger partial charge in [-0.25, -0.2) is 9.59 Å². The van der Waals surface area contributed by atoms with Crippen molar-refractivity contribution < 1.29 is 71.3 Å². The predicted molar refractivity (Wildman–Crippen MR) is 349 cm³/mol. The van der Waals surface area contributed by atoms with Crippen LogP contribution >= 0.6 is 45.2 Å². The summed E-state index contributed by atoms with van der Waals surface area (Å²) in [5, 5.41) is 5.31. The summed E-state index contributed by atoms with van der Waals surface area (Å²) in [6, 6.07) is 28.9. The van der Waals surface area contributed by atoms with E-state index in [1.165, 1.54) is 0 Å². The van der Waals surface area contributed by atoms with Crippen LogP contribution in [0.2, 0.25) is 0 Å². The Morgan fingerprint density at radius 2 is 0.826 bits per heavy atom. The van der Waals surface area contributed by atoms with Crippen LogP contribution in [-0.4, -0.2) is 135 Å². The van der Waals surface area contributed by atoms with Gasteiger partial charge in [0.15, 0.2) is 0 Å². The molecule has 0 aliphatic rings. The number of halogens is 2. The lowest BCUT2D eigenvalue weighted by Gasteiger charge is -2.19. The van der Waals surface area contributed by atoms with E-state index in [-0.39, 0.29) is 19.8 Å². The minimum absolute atomic E-state index is 0.228. The Kier molecular flexibility index (Phi) is 35.7. The third-order valence-electron chi connectivity index (χ3n) is 10.6. The Hall–Kier alpha value is -7.04. The zero-order valence-electron chi connectivity index (χ0n) is 50.7. The van der Waals surface area contributed by atoms with Gasteiger partial charge in [0.1, 0.15) is 78.9 Å². The molecule has 0 atom stereocenters. The van der Waals surface area contributed by atoms with E-state index in [0.717, 1.165) is 73.1 Å². The maximum atomic E-state index is 11.8. The summed E-state index contributed by atoms with van der Waals surface area (Å²) >= 11 is 4.46. The number of carbonyl (C=O) groups excluding carboxylic acids is 4. The van der Waals surface area contributed by atoms with Crippen molar-refractivity contribution >= 4 is 69.9 Å². The van der Waals surface area contributed by atoms with Crippen molar-refractivity contribution in [1.82, 2.24) is 10.6 Å². The fraction of sp³-hybridized carbons (Fsp3) is 0.403. The fourth-order valence-corrected chi connectivity index (χ4v) is 7.79. The highest BCUT2D eigenvalue weighted by Crippen LogP contribution is 2.32. The first-order valence-corrected chi connectivity index (χ1v) is 30.1. The summed E-state index contributed by atoms with van der Waals surface area (Å²) in [5.74, 6) is 18.6. The van der Waals surface area contributed by atoms with Crippen LogP contribution in [0.1, 0.15) is 117 Å². The number of alkyl carbamates (subject to hydrolysis) is 2. The van der Waals surface area contributed by atoms with Crippen LogP contribution in [0.15, 0.2) is 97.1 Å². The average molecular weight is 1410 g/mol. The van der Waals surface area contributed by atoms with Gasteiger partial charge in [0.25, 0.3) is 0 Å². The number of aldehydes is 2. The molecule has 0 spiro atoms. The molecule has 0 saturated carbocycles. The number of benzene rings is 5. The first kappa shape index (κ1) is 73.2. The summed E-state index contributed by atoms with van der Waals surface area (Å²) in [4.78, 5) is 44.6. The SMILES string of the molecule is C#Cc1ccc(C=O)cc1.CCCOCCOc1cc(C#Cc2ccc(C=O)cc2)c(OCCOCCNC(=O)OC(C)(C)C)cc1C#Cc1ccc(OC)cc1.CCCOCCOc1cc(I)c(OCCOCCNC(=O)OC(C)(C)C)cc1I. The normalized spacial score (nSPS) is 10.5. The fourth-order valence-electron chi connectivity index (χ4n) is 6.60. The van der Waals surface area contributed by atoms with Crippen molar-refractivity contribution in [2.75, 3.05) is 99.5 Å². The molecule has 0 aliphatic carbocycles. The van der Waals surface area contributed by atoms with Gasteiger partial charge in [-0.15, -0.1) is 6.42 Å². The molecule has 5 rings (SSSR count). The lowest BCUT2D eigenvalue weighted by molar-refractivity contribution is 0.0478. The number of terminal acetylenes is 1. The van der Waals surface area contributed by atoms with Crippen LogP contribution in [0.25, 0.3) is 0 Å². The number of amides is 2. The third-order valence-corrected chi connectivity index (χ3v) is 12.3. The van der Waals surface area contributed by atoms with Crippen LogP contribution in [0.4, 0.5) is 9.59 Å². The molecule has 19 heteroatoms. The van der Waals surface area contributed by atoms with Gasteiger partial charge in [0.05, 0.1) is 65.0 Å². The number of carbonyl (C=O) groups is 4. The quantitative estimate of drug-likeness (QED) is 0.0199. The minimum Gasteiger partial charge on any atom is -0.497 e. The van der Waals surface area contributed by atoms with Crippen molar-refractivity contribution in [3.63, 3.8) is 0 Å².